The first kappa shape index (κ1) is 22.7. The summed E-state index contributed by atoms with van der Waals surface area (Å²) in [5.41, 5.74) is 0. The molecule has 0 aliphatic carbocycles. The predicted molar refractivity (Wildman–Crippen MR) is 85.9 cm³/mol. The molecule has 7 atom stereocenters. The van der Waals surface area contributed by atoms with E-state index in [1.165, 1.54) is 14.2 Å². The maximum absolute atomic E-state index is 10.4. The minimum Gasteiger partial charge on any atom is -0.394 e. The number of ether oxygens (including phenoxy) is 3. The zero-order valence-electron chi connectivity index (χ0n) is 15.0. The van der Waals surface area contributed by atoms with Gasteiger partial charge in [0.1, 0.15) is 24.4 Å². The fourth-order valence-corrected chi connectivity index (χ4v) is 2.23. The summed E-state index contributed by atoms with van der Waals surface area (Å²) in [5, 5.41) is 40.2. The Hall–Kier alpha value is -0.280. The molecule has 0 aliphatic heterocycles. The molecular formula is C16H34O7. The van der Waals surface area contributed by atoms with Crippen molar-refractivity contribution < 1.29 is 34.6 Å². The highest BCUT2D eigenvalue weighted by Crippen LogP contribution is 2.22. The summed E-state index contributed by atoms with van der Waals surface area (Å²) < 4.78 is 16.0. The number of hydrogen-bond donors (Lipinski definition) is 4. The lowest BCUT2D eigenvalue weighted by Gasteiger charge is -2.36. The molecule has 7 nitrogen and oxygen atoms in total. The van der Waals surface area contributed by atoms with E-state index in [4.69, 9.17) is 14.2 Å². The van der Waals surface area contributed by atoms with E-state index >= 15 is 0 Å². The molecule has 0 aliphatic rings. The van der Waals surface area contributed by atoms with Crippen molar-refractivity contribution in [1.29, 1.82) is 0 Å². The predicted octanol–water partition coefficient (Wildman–Crippen LogP) is 0.136. The highest BCUT2D eigenvalue weighted by molar-refractivity contribution is 4.85. The zero-order chi connectivity index (χ0) is 18.2. The van der Waals surface area contributed by atoms with Crippen LogP contribution in [0.25, 0.3) is 0 Å². The van der Waals surface area contributed by atoms with Crippen LogP contribution in [0.2, 0.25) is 0 Å². The minimum absolute atomic E-state index is 0.0807. The second-order valence-corrected chi connectivity index (χ2v) is 6.26. The topological polar surface area (TPSA) is 109 Å². The van der Waals surface area contributed by atoms with E-state index in [0.29, 0.717) is 0 Å². The third-order valence-electron chi connectivity index (χ3n) is 4.25. The third-order valence-corrected chi connectivity index (χ3v) is 4.25. The number of aliphatic hydroxyl groups is 4. The summed E-state index contributed by atoms with van der Waals surface area (Å²) in [6.45, 7) is 6.90. The average molecular weight is 338 g/mol. The number of hydrogen-bond acceptors (Lipinski definition) is 7. The Kier molecular flexibility index (Phi) is 11.2. The Labute approximate surface area is 139 Å². The normalized spacial score (nSPS) is 21.5. The molecule has 0 aromatic heterocycles. The molecule has 0 heterocycles. The smallest absolute Gasteiger partial charge is 0.183 e. The summed E-state index contributed by atoms with van der Waals surface area (Å²) >= 11 is 0. The summed E-state index contributed by atoms with van der Waals surface area (Å²) in [5.74, 6) is -0.296. The Balaban J connectivity index is 5.26. The van der Waals surface area contributed by atoms with Gasteiger partial charge in [0.05, 0.1) is 12.7 Å². The van der Waals surface area contributed by atoms with Crippen LogP contribution in [0.4, 0.5) is 0 Å². The van der Waals surface area contributed by atoms with E-state index < -0.39 is 43.4 Å². The van der Waals surface area contributed by atoms with E-state index in [0.717, 1.165) is 6.42 Å². The SMILES string of the molecule is CCC(C)C(O)C(OC)OC(C(CO)OC)C(O)C(O)C(C)C. The average Bonchev–Trinajstić information content (AvgIpc) is 2.55. The molecule has 0 rings (SSSR count). The van der Waals surface area contributed by atoms with Crippen LogP contribution in [-0.2, 0) is 14.2 Å². The van der Waals surface area contributed by atoms with Crippen LogP contribution >= 0.6 is 0 Å². The fourth-order valence-electron chi connectivity index (χ4n) is 2.23. The molecule has 4 N–H and O–H groups in total. The molecule has 0 aromatic rings. The van der Waals surface area contributed by atoms with Gasteiger partial charge in [-0.1, -0.05) is 34.1 Å². The highest BCUT2D eigenvalue weighted by Gasteiger charge is 2.39. The van der Waals surface area contributed by atoms with Crippen LogP contribution < -0.4 is 0 Å². The van der Waals surface area contributed by atoms with Gasteiger partial charge in [0.25, 0.3) is 0 Å². The third kappa shape index (κ3) is 6.62. The van der Waals surface area contributed by atoms with Gasteiger partial charge in [-0.3, -0.25) is 0 Å². The lowest BCUT2D eigenvalue weighted by molar-refractivity contribution is -0.260. The number of aliphatic hydroxyl groups excluding tert-OH is 4. The molecule has 7 heteroatoms. The van der Waals surface area contributed by atoms with Gasteiger partial charge in [-0.15, -0.1) is 0 Å². The largest absolute Gasteiger partial charge is 0.394 e. The van der Waals surface area contributed by atoms with Crippen LogP contribution in [0.3, 0.4) is 0 Å². The highest BCUT2D eigenvalue weighted by atomic mass is 16.7. The van der Waals surface area contributed by atoms with Gasteiger partial charge in [-0.05, 0) is 11.8 Å². The molecular weight excluding hydrogens is 304 g/mol. The molecule has 0 saturated heterocycles. The van der Waals surface area contributed by atoms with E-state index in [-0.39, 0.29) is 11.8 Å². The quantitative estimate of drug-likeness (QED) is 0.375. The van der Waals surface area contributed by atoms with E-state index in [1.54, 1.807) is 13.8 Å². The maximum Gasteiger partial charge on any atom is 0.183 e. The monoisotopic (exact) mass is 338 g/mol. The van der Waals surface area contributed by atoms with Gasteiger partial charge >= 0.3 is 0 Å². The Morgan fingerprint density at radius 1 is 0.870 bits per heavy atom. The van der Waals surface area contributed by atoms with Crippen LogP contribution in [0.5, 0.6) is 0 Å². The molecule has 7 unspecified atom stereocenters. The molecule has 23 heavy (non-hydrogen) atoms. The van der Waals surface area contributed by atoms with Crippen molar-refractivity contribution in [3.63, 3.8) is 0 Å². The van der Waals surface area contributed by atoms with Crippen LogP contribution in [-0.4, -0.2) is 78.1 Å². The van der Waals surface area contributed by atoms with E-state index in [1.807, 2.05) is 13.8 Å². The summed E-state index contributed by atoms with van der Waals surface area (Å²) in [7, 11) is 2.76. The van der Waals surface area contributed by atoms with E-state index in [9.17, 15) is 20.4 Å². The molecule has 0 bridgehead atoms. The Bertz CT molecular complexity index is 296. The van der Waals surface area contributed by atoms with Crippen molar-refractivity contribution in [2.75, 3.05) is 20.8 Å². The summed E-state index contributed by atoms with van der Waals surface area (Å²) in [4.78, 5) is 0. The van der Waals surface area contributed by atoms with Crippen molar-refractivity contribution in [3.8, 4) is 0 Å². The molecule has 0 aromatic carbocycles. The Morgan fingerprint density at radius 2 is 1.43 bits per heavy atom. The van der Waals surface area contributed by atoms with Gasteiger partial charge in [-0.25, -0.2) is 0 Å². The standard InChI is InChI=1S/C16H34O7/c1-7-10(4)13(19)16(22-6)23-15(11(8-17)21-5)14(20)12(18)9(2)3/h9-20H,7-8H2,1-6H3. The first-order valence-corrected chi connectivity index (χ1v) is 8.11. The van der Waals surface area contributed by atoms with Crippen LogP contribution in [0.1, 0.15) is 34.1 Å². The zero-order valence-corrected chi connectivity index (χ0v) is 15.0. The van der Waals surface area contributed by atoms with Gasteiger partial charge in [0.2, 0.25) is 0 Å². The molecule has 0 fully saturated rings. The van der Waals surface area contributed by atoms with Crippen LogP contribution in [0, 0.1) is 11.8 Å². The maximum atomic E-state index is 10.4. The van der Waals surface area contributed by atoms with Gasteiger partial charge in [0.15, 0.2) is 6.29 Å². The van der Waals surface area contributed by atoms with Gasteiger partial charge in [-0.2, -0.15) is 0 Å². The molecule has 140 valence electrons. The first-order valence-electron chi connectivity index (χ1n) is 8.11. The van der Waals surface area contributed by atoms with Crippen molar-refractivity contribution in [2.45, 2.75) is 70.9 Å². The van der Waals surface area contributed by atoms with Crippen molar-refractivity contribution in [3.05, 3.63) is 0 Å². The minimum atomic E-state index is -1.30. The number of rotatable bonds is 12. The summed E-state index contributed by atoms with van der Waals surface area (Å²) in [6.07, 6.45) is -5.47. The molecule has 0 spiro atoms. The van der Waals surface area contributed by atoms with E-state index in [2.05, 4.69) is 0 Å². The van der Waals surface area contributed by atoms with Crippen molar-refractivity contribution >= 4 is 0 Å². The van der Waals surface area contributed by atoms with Crippen molar-refractivity contribution in [2.24, 2.45) is 11.8 Å². The first-order chi connectivity index (χ1) is 10.7. The second-order valence-electron chi connectivity index (χ2n) is 6.26. The number of methoxy groups -OCH3 is 2. The molecule has 0 saturated carbocycles. The van der Waals surface area contributed by atoms with Crippen LogP contribution in [0.15, 0.2) is 0 Å². The lowest BCUT2D eigenvalue weighted by Crippen LogP contribution is -2.53. The summed E-state index contributed by atoms with van der Waals surface area (Å²) in [6, 6.07) is 0. The van der Waals surface area contributed by atoms with Crippen molar-refractivity contribution in [1.82, 2.24) is 0 Å². The lowest BCUT2D eigenvalue weighted by atomic mass is 9.95. The second kappa shape index (κ2) is 11.3. The fraction of sp³-hybridized carbons (Fsp3) is 1.00. The van der Waals surface area contributed by atoms with Gasteiger partial charge in [0, 0.05) is 14.2 Å². The Morgan fingerprint density at radius 3 is 1.78 bits per heavy atom. The molecule has 0 amide bonds. The molecule has 0 radical (unpaired) electrons. The van der Waals surface area contributed by atoms with Gasteiger partial charge < -0.3 is 34.6 Å².